The number of H-pyrrole nitrogens is 1. The van der Waals surface area contributed by atoms with Crippen molar-refractivity contribution in [2.45, 2.75) is 18.4 Å². The van der Waals surface area contributed by atoms with E-state index in [2.05, 4.69) is 15.2 Å². The first-order valence-electron chi connectivity index (χ1n) is 6.07. The van der Waals surface area contributed by atoms with Crippen molar-refractivity contribution < 1.29 is 13.2 Å². The molecule has 20 heavy (non-hydrogen) atoms. The lowest BCUT2D eigenvalue weighted by Crippen LogP contribution is -2.27. The minimum atomic E-state index is -3.56. The van der Waals surface area contributed by atoms with Gasteiger partial charge in [-0.3, -0.25) is 5.10 Å². The van der Waals surface area contributed by atoms with Crippen LogP contribution in [-0.4, -0.2) is 41.6 Å². The molecule has 0 saturated heterocycles. The van der Waals surface area contributed by atoms with Gasteiger partial charge in [-0.1, -0.05) is 0 Å². The third kappa shape index (κ3) is 3.14. The first-order valence-corrected chi connectivity index (χ1v) is 7.51. The zero-order valence-electron chi connectivity index (χ0n) is 11.3. The number of nitrogens with one attached hydrogen (secondary N) is 1. The first kappa shape index (κ1) is 14.5. The Kier molecular flexibility index (Phi) is 4.35. The molecule has 0 aliphatic heterocycles. The molecule has 2 rings (SSSR count). The molecule has 1 heterocycles. The molecule has 0 bridgehead atoms. The maximum Gasteiger partial charge on any atom is 0.243 e. The van der Waals surface area contributed by atoms with E-state index in [9.17, 15) is 8.42 Å². The second kappa shape index (κ2) is 6.02. The Morgan fingerprint density at radius 2 is 2.00 bits per heavy atom. The van der Waals surface area contributed by atoms with Crippen molar-refractivity contribution in [3.05, 3.63) is 36.4 Å². The predicted octanol–water partition coefficient (Wildman–Crippen LogP) is 1.02. The highest BCUT2D eigenvalue weighted by atomic mass is 32.2. The molecular weight excluding hydrogens is 280 g/mol. The number of nitrogens with zero attached hydrogens (tertiary/aromatic N) is 3. The number of hydrogen-bond acceptors (Lipinski definition) is 5. The van der Waals surface area contributed by atoms with Crippen LogP contribution in [0.25, 0.3) is 0 Å². The van der Waals surface area contributed by atoms with Gasteiger partial charge in [0, 0.05) is 7.05 Å². The molecule has 2 aromatic rings. The largest absolute Gasteiger partial charge is 0.494 e. The van der Waals surface area contributed by atoms with Crippen LogP contribution in [0.3, 0.4) is 0 Å². The molecule has 8 heteroatoms. The molecule has 0 fully saturated rings. The minimum Gasteiger partial charge on any atom is -0.494 e. The van der Waals surface area contributed by atoms with Gasteiger partial charge >= 0.3 is 0 Å². The van der Waals surface area contributed by atoms with E-state index in [-0.39, 0.29) is 11.4 Å². The lowest BCUT2D eigenvalue weighted by molar-refractivity contribution is 0.340. The van der Waals surface area contributed by atoms with E-state index in [0.29, 0.717) is 18.2 Å². The SMILES string of the molecule is CCOc1ccc(S(=O)(=O)N(C)Cc2ncn[nH]2)cc1. The summed E-state index contributed by atoms with van der Waals surface area (Å²) in [6, 6.07) is 6.33. The van der Waals surface area contributed by atoms with Crippen LogP contribution < -0.4 is 4.74 Å². The van der Waals surface area contributed by atoms with Gasteiger partial charge in [0.25, 0.3) is 0 Å². The predicted molar refractivity (Wildman–Crippen MR) is 72.6 cm³/mol. The van der Waals surface area contributed by atoms with E-state index in [1.54, 1.807) is 12.1 Å². The maximum absolute atomic E-state index is 12.4. The number of aromatic nitrogens is 3. The Labute approximate surface area is 117 Å². The lowest BCUT2D eigenvalue weighted by atomic mass is 10.3. The molecule has 0 spiro atoms. The topological polar surface area (TPSA) is 88.2 Å². The number of ether oxygens (including phenoxy) is 1. The summed E-state index contributed by atoms with van der Waals surface area (Å²) >= 11 is 0. The van der Waals surface area contributed by atoms with Gasteiger partial charge in [0.15, 0.2) is 0 Å². The molecule has 0 unspecified atom stereocenters. The van der Waals surface area contributed by atoms with Gasteiger partial charge in [-0.15, -0.1) is 0 Å². The van der Waals surface area contributed by atoms with E-state index in [1.807, 2.05) is 6.92 Å². The fraction of sp³-hybridized carbons (Fsp3) is 0.333. The van der Waals surface area contributed by atoms with Gasteiger partial charge in [-0.25, -0.2) is 13.4 Å². The molecule has 0 atom stereocenters. The van der Waals surface area contributed by atoms with Crippen LogP contribution in [0.4, 0.5) is 0 Å². The average Bonchev–Trinajstić information content (AvgIpc) is 2.92. The maximum atomic E-state index is 12.4. The van der Waals surface area contributed by atoms with Crippen LogP contribution in [0.2, 0.25) is 0 Å². The standard InChI is InChI=1S/C12H16N4O3S/c1-3-19-10-4-6-11(7-5-10)20(17,18)16(2)8-12-13-9-14-15-12/h4-7,9H,3,8H2,1-2H3,(H,13,14,15). The third-order valence-corrected chi connectivity index (χ3v) is 4.50. The fourth-order valence-corrected chi connectivity index (χ4v) is 2.79. The van der Waals surface area contributed by atoms with Gasteiger partial charge < -0.3 is 4.74 Å². The average molecular weight is 296 g/mol. The highest BCUT2D eigenvalue weighted by Gasteiger charge is 2.21. The molecule has 0 aliphatic carbocycles. The van der Waals surface area contributed by atoms with E-state index in [4.69, 9.17) is 4.74 Å². The summed E-state index contributed by atoms with van der Waals surface area (Å²) in [6.07, 6.45) is 1.34. The Hall–Kier alpha value is -1.93. The van der Waals surface area contributed by atoms with Crippen molar-refractivity contribution in [1.82, 2.24) is 19.5 Å². The van der Waals surface area contributed by atoms with E-state index >= 15 is 0 Å². The van der Waals surface area contributed by atoms with Crippen LogP contribution in [-0.2, 0) is 16.6 Å². The van der Waals surface area contributed by atoms with E-state index in [1.165, 1.54) is 29.8 Å². The fourth-order valence-electron chi connectivity index (χ4n) is 1.66. The molecule has 0 radical (unpaired) electrons. The first-order chi connectivity index (χ1) is 9.54. The van der Waals surface area contributed by atoms with E-state index in [0.717, 1.165) is 0 Å². The zero-order valence-corrected chi connectivity index (χ0v) is 12.1. The number of sulfonamides is 1. The molecule has 108 valence electrons. The molecular formula is C12H16N4O3S. The summed E-state index contributed by atoms with van der Waals surface area (Å²) < 4.78 is 31.2. The van der Waals surface area contributed by atoms with E-state index < -0.39 is 10.0 Å². The number of benzene rings is 1. The molecule has 0 saturated carbocycles. The Morgan fingerprint density at radius 3 is 2.55 bits per heavy atom. The molecule has 0 aliphatic rings. The van der Waals surface area contributed by atoms with Crippen molar-refractivity contribution in [3.63, 3.8) is 0 Å². The van der Waals surface area contributed by atoms with Crippen molar-refractivity contribution in [2.24, 2.45) is 0 Å². The monoisotopic (exact) mass is 296 g/mol. The molecule has 7 nitrogen and oxygen atoms in total. The highest BCUT2D eigenvalue weighted by Crippen LogP contribution is 2.19. The summed E-state index contributed by atoms with van der Waals surface area (Å²) in [5.74, 6) is 1.13. The van der Waals surface area contributed by atoms with Crippen LogP contribution in [0, 0.1) is 0 Å². The van der Waals surface area contributed by atoms with Crippen molar-refractivity contribution in [3.8, 4) is 5.75 Å². The normalized spacial score (nSPS) is 11.8. The summed E-state index contributed by atoms with van der Waals surface area (Å²) in [4.78, 5) is 4.12. The zero-order chi connectivity index (χ0) is 14.6. The van der Waals surface area contributed by atoms with Crippen LogP contribution in [0.5, 0.6) is 5.75 Å². The second-order valence-corrected chi connectivity index (χ2v) is 6.14. The highest BCUT2D eigenvalue weighted by molar-refractivity contribution is 7.89. The summed E-state index contributed by atoms with van der Waals surface area (Å²) in [6.45, 7) is 2.54. The number of rotatable bonds is 6. The smallest absolute Gasteiger partial charge is 0.243 e. The second-order valence-electron chi connectivity index (χ2n) is 4.10. The quantitative estimate of drug-likeness (QED) is 0.860. The van der Waals surface area contributed by atoms with Crippen molar-refractivity contribution in [2.75, 3.05) is 13.7 Å². The minimum absolute atomic E-state index is 0.134. The Bertz CT molecular complexity index is 638. The molecule has 1 aromatic heterocycles. The Morgan fingerprint density at radius 1 is 1.30 bits per heavy atom. The van der Waals surface area contributed by atoms with Crippen LogP contribution in [0.15, 0.2) is 35.5 Å². The summed E-state index contributed by atoms with van der Waals surface area (Å²) in [7, 11) is -2.06. The molecule has 1 N–H and O–H groups in total. The van der Waals surface area contributed by atoms with Gasteiger partial charge in [0.2, 0.25) is 10.0 Å². The lowest BCUT2D eigenvalue weighted by Gasteiger charge is -2.16. The third-order valence-electron chi connectivity index (χ3n) is 2.68. The Balaban J connectivity index is 2.16. The molecule has 0 amide bonds. The van der Waals surface area contributed by atoms with Gasteiger partial charge in [-0.05, 0) is 31.2 Å². The summed E-state index contributed by atoms with van der Waals surface area (Å²) in [5.41, 5.74) is 0. The molecule has 1 aromatic carbocycles. The van der Waals surface area contributed by atoms with Crippen molar-refractivity contribution >= 4 is 10.0 Å². The van der Waals surface area contributed by atoms with Gasteiger partial charge in [0.1, 0.15) is 17.9 Å². The number of hydrogen-bond donors (Lipinski definition) is 1. The van der Waals surface area contributed by atoms with Crippen molar-refractivity contribution in [1.29, 1.82) is 0 Å². The van der Waals surface area contributed by atoms with Gasteiger partial charge in [-0.2, -0.15) is 9.40 Å². The van der Waals surface area contributed by atoms with Gasteiger partial charge in [0.05, 0.1) is 18.0 Å². The van der Waals surface area contributed by atoms with Crippen LogP contribution >= 0.6 is 0 Å². The summed E-state index contributed by atoms with van der Waals surface area (Å²) in [5, 5.41) is 6.32. The van der Waals surface area contributed by atoms with Crippen LogP contribution in [0.1, 0.15) is 12.7 Å². The number of aromatic amines is 1.